The predicted molar refractivity (Wildman–Crippen MR) is 87.2 cm³/mol. The van der Waals surface area contributed by atoms with Crippen molar-refractivity contribution in [2.75, 3.05) is 47.4 Å². The van der Waals surface area contributed by atoms with E-state index >= 15 is 0 Å². The molecule has 0 saturated carbocycles. The monoisotopic (exact) mass is 291 g/mol. The Morgan fingerprint density at radius 3 is 2.81 bits per heavy atom. The van der Waals surface area contributed by atoms with Crippen molar-refractivity contribution < 1.29 is 4.74 Å². The molecule has 0 aromatic heterocycles. The highest BCUT2D eigenvalue weighted by Gasteiger charge is 2.25. The van der Waals surface area contributed by atoms with E-state index < -0.39 is 0 Å². The van der Waals surface area contributed by atoms with Crippen molar-refractivity contribution in [3.8, 4) is 0 Å². The number of ether oxygens (including phenoxy) is 1. The summed E-state index contributed by atoms with van der Waals surface area (Å²) in [4.78, 5) is 4.83. The van der Waals surface area contributed by atoms with Crippen LogP contribution in [0.4, 0.5) is 0 Å². The second-order valence-corrected chi connectivity index (χ2v) is 6.24. The van der Waals surface area contributed by atoms with Gasteiger partial charge in [-0.25, -0.2) is 0 Å². The maximum absolute atomic E-state index is 6.08. The predicted octanol–water partition coefficient (Wildman–Crippen LogP) is 1.72. The molecule has 2 atom stereocenters. The molecule has 1 fully saturated rings. The summed E-state index contributed by atoms with van der Waals surface area (Å²) < 4.78 is 5.32. The van der Waals surface area contributed by atoms with Crippen molar-refractivity contribution in [2.45, 2.75) is 19.1 Å². The van der Waals surface area contributed by atoms with E-state index in [1.54, 1.807) is 7.11 Å². The van der Waals surface area contributed by atoms with E-state index in [1.807, 2.05) is 0 Å². The molecule has 2 N–H and O–H groups in total. The Kier molecular flexibility index (Phi) is 6.18. The third kappa shape index (κ3) is 4.27. The molecule has 2 rings (SSSR count). The van der Waals surface area contributed by atoms with Crippen LogP contribution in [0, 0.1) is 5.92 Å². The van der Waals surface area contributed by atoms with E-state index in [0.29, 0.717) is 13.2 Å². The zero-order valence-electron chi connectivity index (χ0n) is 13.6. The molecule has 1 aromatic carbocycles. The Balaban J connectivity index is 2.07. The van der Waals surface area contributed by atoms with Gasteiger partial charge in [-0.2, -0.15) is 0 Å². The number of rotatable bonds is 7. The van der Waals surface area contributed by atoms with Crippen molar-refractivity contribution in [1.82, 2.24) is 9.80 Å². The van der Waals surface area contributed by atoms with E-state index in [2.05, 4.69) is 48.2 Å². The molecule has 0 aliphatic carbocycles. The van der Waals surface area contributed by atoms with Crippen LogP contribution in [-0.2, 0) is 11.3 Å². The van der Waals surface area contributed by atoms with Gasteiger partial charge < -0.3 is 15.4 Å². The molecule has 0 radical (unpaired) electrons. The highest BCUT2D eigenvalue weighted by atomic mass is 16.5. The largest absolute Gasteiger partial charge is 0.380 e. The summed E-state index contributed by atoms with van der Waals surface area (Å²) in [6.45, 7) is 4.80. The van der Waals surface area contributed by atoms with E-state index in [4.69, 9.17) is 10.5 Å². The number of likely N-dealkylation sites (N-methyl/N-ethyl adjacent to an activating group) is 1. The van der Waals surface area contributed by atoms with Crippen LogP contribution < -0.4 is 5.73 Å². The second-order valence-electron chi connectivity index (χ2n) is 6.24. The van der Waals surface area contributed by atoms with Gasteiger partial charge in [-0.1, -0.05) is 24.3 Å². The topological polar surface area (TPSA) is 41.7 Å². The van der Waals surface area contributed by atoms with Crippen LogP contribution in [-0.4, -0.2) is 57.2 Å². The van der Waals surface area contributed by atoms with Gasteiger partial charge in [0.15, 0.2) is 0 Å². The molecule has 4 nitrogen and oxygen atoms in total. The third-order valence-electron chi connectivity index (χ3n) is 4.50. The zero-order valence-corrected chi connectivity index (χ0v) is 13.6. The number of methoxy groups -OCH3 is 1. The summed E-state index contributed by atoms with van der Waals surface area (Å²) >= 11 is 0. The van der Waals surface area contributed by atoms with Gasteiger partial charge >= 0.3 is 0 Å². The molecule has 2 unspecified atom stereocenters. The number of hydrogen-bond acceptors (Lipinski definition) is 4. The number of hydrogen-bond donors (Lipinski definition) is 1. The quantitative estimate of drug-likeness (QED) is 0.830. The Labute approximate surface area is 128 Å². The molecule has 0 spiro atoms. The van der Waals surface area contributed by atoms with E-state index in [9.17, 15) is 0 Å². The van der Waals surface area contributed by atoms with Crippen LogP contribution in [0.15, 0.2) is 24.3 Å². The van der Waals surface area contributed by atoms with Crippen molar-refractivity contribution >= 4 is 0 Å². The molecular formula is C17H29N3O. The van der Waals surface area contributed by atoms with Crippen LogP contribution in [0.3, 0.4) is 0 Å². The van der Waals surface area contributed by atoms with Crippen LogP contribution in [0.5, 0.6) is 0 Å². The lowest BCUT2D eigenvalue weighted by Crippen LogP contribution is -2.35. The third-order valence-corrected chi connectivity index (χ3v) is 4.50. The van der Waals surface area contributed by atoms with Gasteiger partial charge in [0.1, 0.15) is 0 Å². The maximum Gasteiger partial charge on any atom is 0.0716 e. The number of benzene rings is 1. The molecule has 1 aromatic rings. The molecule has 1 aliphatic heterocycles. The molecule has 0 bridgehead atoms. The van der Waals surface area contributed by atoms with E-state index in [1.165, 1.54) is 30.6 Å². The molecule has 0 amide bonds. The van der Waals surface area contributed by atoms with Crippen molar-refractivity contribution in [3.05, 3.63) is 35.4 Å². The Morgan fingerprint density at radius 1 is 1.43 bits per heavy atom. The van der Waals surface area contributed by atoms with Gasteiger partial charge in [0.2, 0.25) is 0 Å². The fourth-order valence-electron chi connectivity index (χ4n) is 3.40. The fourth-order valence-corrected chi connectivity index (χ4v) is 3.40. The highest BCUT2D eigenvalue weighted by Crippen LogP contribution is 2.25. The van der Waals surface area contributed by atoms with Crippen LogP contribution in [0.25, 0.3) is 0 Å². The van der Waals surface area contributed by atoms with Gasteiger partial charge in [0.05, 0.1) is 6.61 Å². The Hall–Kier alpha value is -0.940. The first-order valence-electron chi connectivity index (χ1n) is 7.81. The summed E-state index contributed by atoms with van der Waals surface area (Å²) in [5.41, 5.74) is 8.62. The summed E-state index contributed by atoms with van der Waals surface area (Å²) in [5.74, 6) is 0.753. The molecule has 4 heteroatoms. The van der Waals surface area contributed by atoms with E-state index in [0.717, 1.165) is 12.5 Å². The first-order valence-corrected chi connectivity index (χ1v) is 7.81. The molecule has 1 aliphatic rings. The molecule has 21 heavy (non-hydrogen) atoms. The minimum atomic E-state index is 0.266. The van der Waals surface area contributed by atoms with Gasteiger partial charge in [-0.05, 0) is 44.1 Å². The van der Waals surface area contributed by atoms with Crippen molar-refractivity contribution in [2.24, 2.45) is 11.7 Å². The Morgan fingerprint density at radius 2 is 2.19 bits per heavy atom. The summed E-state index contributed by atoms with van der Waals surface area (Å²) in [6, 6.07) is 8.75. The molecule has 118 valence electrons. The number of likely N-dealkylation sites (tertiary alicyclic amines) is 1. The Bertz CT molecular complexity index is 438. The highest BCUT2D eigenvalue weighted by molar-refractivity contribution is 5.30. The van der Waals surface area contributed by atoms with Gasteiger partial charge in [0.25, 0.3) is 0 Å². The lowest BCUT2D eigenvalue weighted by molar-refractivity contribution is 0.177. The normalized spacial score (nSPS) is 21.1. The first kappa shape index (κ1) is 16.4. The smallest absolute Gasteiger partial charge is 0.0716 e. The molecule has 1 heterocycles. The fraction of sp³-hybridized carbons (Fsp3) is 0.647. The van der Waals surface area contributed by atoms with Crippen molar-refractivity contribution in [3.63, 3.8) is 0 Å². The minimum Gasteiger partial charge on any atom is -0.380 e. The summed E-state index contributed by atoms with van der Waals surface area (Å²) in [6.07, 6.45) is 1.29. The van der Waals surface area contributed by atoms with Gasteiger partial charge in [-0.3, -0.25) is 4.90 Å². The minimum absolute atomic E-state index is 0.266. The second kappa shape index (κ2) is 7.90. The lowest BCUT2D eigenvalue weighted by Gasteiger charge is -2.31. The lowest BCUT2D eigenvalue weighted by atomic mass is 9.98. The van der Waals surface area contributed by atoms with E-state index in [-0.39, 0.29) is 6.04 Å². The number of nitrogens with zero attached hydrogens (tertiary/aromatic N) is 2. The van der Waals surface area contributed by atoms with Crippen LogP contribution in [0.1, 0.15) is 23.6 Å². The SMILES string of the molecule is COCc1ccccc1C(CN)N(C)CC1CCN(C)C1. The standard InChI is InChI=1S/C17H29N3O/c1-19-9-8-14(11-19)12-20(2)17(10-18)16-7-5-4-6-15(16)13-21-3/h4-7,14,17H,8-13,18H2,1-3H3. The number of nitrogens with two attached hydrogens (primary N) is 1. The van der Waals surface area contributed by atoms with Gasteiger partial charge in [-0.15, -0.1) is 0 Å². The van der Waals surface area contributed by atoms with Crippen LogP contribution >= 0.6 is 0 Å². The maximum atomic E-state index is 6.08. The molecule has 1 saturated heterocycles. The van der Waals surface area contributed by atoms with Crippen LogP contribution in [0.2, 0.25) is 0 Å². The average molecular weight is 291 g/mol. The summed E-state index contributed by atoms with van der Waals surface area (Å²) in [5, 5.41) is 0. The average Bonchev–Trinajstić information content (AvgIpc) is 2.87. The first-order chi connectivity index (χ1) is 10.2. The van der Waals surface area contributed by atoms with Gasteiger partial charge in [0, 0.05) is 32.8 Å². The van der Waals surface area contributed by atoms with Crippen molar-refractivity contribution in [1.29, 1.82) is 0 Å². The molecular weight excluding hydrogens is 262 g/mol. The summed E-state index contributed by atoms with van der Waals surface area (Å²) in [7, 11) is 6.14. The zero-order chi connectivity index (χ0) is 15.2.